The highest BCUT2D eigenvalue weighted by atomic mass is 16.2. The van der Waals surface area contributed by atoms with E-state index in [2.05, 4.69) is 0 Å². The molecule has 2 unspecified atom stereocenters. The Kier molecular flexibility index (Phi) is 2.63. The lowest BCUT2D eigenvalue weighted by Crippen LogP contribution is -2.53. The van der Waals surface area contributed by atoms with Gasteiger partial charge in [0.1, 0.15) is 5.41 Å². The number of fused-ring (bicyclic) bond motifs is 2. The van der Waals surface area contributed by atoms with Crippen LogP contribution >= 0.6 is 0 Å². The van der Waals surface area contributed by atoms with Crippen molar-refractivity contribution in [1.82, 2.24) is 4.90 Å². The van der Waals surface area contributed by atoms with Crippen LogP contribution in [0.1, 0.15) is 46.0 Å². The maximum Gasteiger partial charge on any atom is 0.237 e. The van der Waals surface area contributed by atoms with E-state index in [0.717, 1.165) is 32.4 Å². The quantitative estimate of drug-likeness (QED) is 0.533. The number of carbonyl (C=O) groups excluding carboxylic acids is 3. The van der Waals surface area contributed by atoms with Crippen molar-refractivity contribution in [2.75, 3.05) is 13.1 Å². The highest BCUT2D eigenvalue weighted by Gasteiger charge is 2.73. The van der Waals surface area contributed by atoms with E-state index in [1.807, 2.05) is 18.7 Å². The molecule has 4 heteroatoms. The van der Waals surface area contributed by atoms with Gasteiger partial charge < -0.3 is 4.90 Å². The topological polar surface area (TPSA) is 54.5 Å². The van der Waals surface area contributed by atoms with E-state index in [-0.39, 0.29) is 17.6 Å². The smallest absolute Gasteiger partial charge is 0.237 e. The van der Waals surface area contributed by atoms with Crippen molar-refractivity contribution in [3.8, 4) is 0 Å². The third-order valence-electron chi connectivity index (χ3n) is 5.72. The summed E-state index contributed by atoms with van der Waals surface area (Å²) in [6.07, 6.45) is 4.42. The molecule has 0 spiro atoms. The fourth-order valence-corrected chi connectivity index (χ4v) is 4.42. The van der Waals surface area contributed by atoms with Gasteiger partial charge in [-0.05, 0) is 37.5 Å². The fraction of sp³-hybridized carbons (Fsp3) is 0.800. The molecule has 1 heterocycles. The maximum atomic E-state index is 12.9. The molecule has 0 radical (unpaired) electrons. The van der Waals surface area contributed by atoms with E-state index in [1.165, 1.54) is 0 Å². The first-order valence-corrected chi connectivity index (χ1v) is 7.31. The fourth-order valence-electron chi connectivity index (χ4n) is 4.42. The molecule has 3 rings (SSSR count). The zero-order chi connectivity index (χ0) is 13.8. The number of nitrogens with zero attached hydrogens (tertiary/aromatic N) is 1. The number of carbonyl (C=O) groups is 3. The molecule has 2 atom stereocenters. The van der Waals surface area contributed by atoms with Gasteiger partial charge in [0, 0.05) is 19.0 Å². The van der Waals surface area contributed by atoms with Crippen molar-refractivity contribution < 1.29 is 14.4 Å². The first kappa shape index (κ1) is 12.8. The lowest BCUT2D eigenvalue weighted by atomic mass is 9.67. The summed E-state index contributed by atoms with van der Waals surface area (Å²) in [5.41, 5.74) is -1.55. The van der Waals surface area contributed by atoms with Crippen molar-refractivity contribution in [1.29, 1.82) is 0 Å². The number of rotatable bonds is 1. The number of hydrogen-bond donors (Lipinski definition) is 0. The molecular weight excluding hydrogens is 242 g/mol. The zero-order valence-corrected chi connectivity index (χ0v) is 11.7. The van der Waals surface area contributed by atoms with Gasteiger partial charge in [0.15, 0.2) is 0 Å². The summed E-state index contributed by atoms with van der Waals surface area (Å²) < 4.78 is 0. The number of Topliss-reactive ketones (excluding diaryl/α,β-unsaturated/α-hetero) is 2. The van der Waals surface area contributed by atoms with Gasteiger partial charge in [0.25, 0.3) is 0 Å². The highest BCUT2D eigenvalue weighted by molar-refractivity contribution is 6.47. The Labute approximate surface area is 113 Å². The monoisotopic (exact) mass is 263 g/mol. The van der Waals surface area contributed by atoms with Crippen LogP contribution in [0.25, 0.3) is 0 Å². The van der Waals surface area contributed by atoms with Gasteiger partial charge in [0.2, 0.25) is 17.5 Å². The van der Waals surface area contributed by atoms with Gasteiger partial charge >= 0.3 is 0 Å². The third kappa shape index (κ3) is 1.37. The van der Waals surface area contributed by atoms with Crippen LogP contribution in [-0.4, -0.2) is 35.5 Å². The van der Waals surface area contributed by atoms with Crippen LogP contribution in [0.5, 0.6) is 0 Å². The number of ketones is 2. The summed E-state index contributed by atoms with van der Waals surface area (Å²) in [6, 6.07) is 0. The van der Waals surface area contributed by atoms with Gasteiger partial charge in [-0.15, -0.1) is 0 Å². The predicted molar refractivity (Wildman–Crippen MR) is 69.4 cm³/mol. The predicted octanol–water partition coefficient (Wildman–Crippen LogP) is 1.57. The molecule has 104 valence electrons. The van der Waals surface area contributed by atoms with Crippen molar-refractivity contribution >= 4 is 17.5 Å². The molecule has 0 aromatic carbocycles. The number of hydrogen-bond acceptors (Lipinski definition) is 3. The van der Waals surface area contributed by atoms with Gasteiger partial charge in [-0.2, -0.15) is 0 Å². The number of piperidine rings is 1. The molecule has 2 aliphatic carbocycles. The minimum absolute atomic E-state index is 0.0736. The Morgan fingerprint density at radius 1 is 1.16 bits per heavy atom. The van der Waals surface area contributed by atoms with E-state index < -0.39 is 16.6 Å². The standard InChI is InChI=1S/C15H21NO3/c1-14(2)10-6-7-15(14,12(18)11(10)17)13(19)16-8-4-3-5-9-16/h10H,3-9H2,1-2H3. The Bertz CT molecular complexity index is 462. The molecule has 3 fully saturated rings. The maximum absolute atomic E-state index is 12.9. The third-order valence-corrected chi connectivity index (χ3v) is 5.72. The largest absolute Gasteiger partial charge is 0.342 e. The average molecular weight is 263 g/mol. The molecule has 1 amide bonds. The number of amides is 1. The molecule has 3 aliphatic rings. The first-order valence-electron chi connectivity index (χ1n) is 7.31. The normalized spacial score (nSPS) is 36.9. The van der Waals surface area contributed by atoms with E-state index in [9.17, 15) is 14.4 Å². The SMILES string of the molecule is CC1(C)C2CCC1(C(=O)N1CCCCC1)C(=O)C2=O. The average Bonchev–Trinajstić information content (AvgIpc) is 2.75. The van der Waals surface area contributed by atoms with Gasteiger partial charge in [-0.3, -0.25) is 14.4 Å². The molecule has 19 heavy (non-hydrogen) atoms. The van der Waals surface area contributed by atoms with Crippen LogP contribution in [0.2, 0.25) is 0 Å². The second-order valence-corrected chi connectivity index (χ2v) is 6.76. The first-order chi connectivity index (χ1) is 8.93. The van der Waals surface area contributed by atoms with Gasteiger partial charge in [-0.1, -0.05) is 13.8 Å². The Morgan fingerprint density at radius 2 is 1.79 bits per heavy atom. The van der Waals surface area contributed by atoms with E-state index in [1.54, 1.807) is 0 Å². The minimum Gasteiger partial charge on any atom is -0.342 e. The van der Waals surface area contributed by atoms with Crippen LogP contribution in [0, 0.1) is 16.7 Å². The van der Waals surface area contributed by atoms with Crippen molar-refractivity contribution in [2.24, 2.45) is 16.7 Å². The lowest BCUT2D eigenvalue weighted by molar-refractivity contribution is -0.155. The molecule has 4 nitrogen and oxygen atoms in total. The van der Waals surface area contributed by atoms with Gasteiger partial charge in [0.05, 0.1) is 0 Å². The van der Waals surface area contributed by atoms with Crippen molar-refractivity contribution in [3.05, 3.63) is 0 Å². The van der Waals surface area contributed by atoms with E-state index in [0.29, 0.717) is 12.8 Å². The lowest BCUT2D eigenvalue weighted by Gasteiger charge is -2.39. The van der Waals surface area contributed by atoms with Crippen LogP contribution in [-0.2, 0) is 14.4 Å². The van der Waals surface area contributed by atoms with Crippen LogP contribution in [0.15, 0.2) is 0 Å². The second kappa shape index (κ2) is 3.90. The molecule has 1 aliphatic heterocycles. The van der Waals surface area contributed by atoms with Gasteiger partial charge in [-0.25, -0.2) is 0 Å². The molecule has 2 saturated carbocycles. The summed E-state index contributed by atoms with van der Waals surface area (Å²) in [5.74, 6) is -1.03. The van der Waals surface area contributed by atoms with E-state index in [4.69, 9.17) is 0 Å². The van der Waals surface area contributed by atoms with Crippen LogP contribution in [0.3, 0.4) is 0 Å². The molecule has 2 bridgehead atoms. The molecule has 0 N–H and O–H groups in total. The molecule has 1 saturated heterocycles. The zero-order valence-electron chi connectivity index (χ0n) is 11.7. The minimum atomic E-state index is -1.05. The summed E-state index contributed by atoms with van der Waals surface area (Å²) in [6.45, 7) is 5.33. The summed E-state index contributed by atoms with van der Waals surface area (Å²) >= 11 is 0. The molecular formula is C15H21NO3. The highest BCUT2D eigenvalue weighted by Crippen LogP contribution is 2.63. The molecule has 0 aromatic heterocycles. The summed E-state index contributed by atoms with van der Waals surface area (Å²) in [7, 11) is 0. The second-order valence-electron chi connectivity index (χ2n) is 6.76. The summed E-state index contributed by atoms with van der Waals surface area (Å²) in [5, 5.41) is 0. The number of likely N-dealkylation sites (tertiary alicyclic amines) is 1. The van der Waals surface area contributed by atoms with Crippen molar-refractivity contribution in [2.45, 2.75) is 46.0 Å². The molecule has 0 aromatic rings. The van der Waals surface area contributed by atoms with Crippen molar-refractivity contribution in [3.63, 3.8) is 0 Å². The van der Waals surface area contributed by atoms with Crippen LogP contribution in [0.4, 0.5) is 0 Å². The van der Waals surface area contributed by atoms with E-state index >= 15 is 0 Å². The Hall–Kier alpha value is -1.19. The van der Waals surface area contributed by atoms with Crippen LogP contribution < -0.4 is 0 Å². The Balaban J connectivity index is 1.99. The summed E-state index contributed by atoms with van der Waals surface area (Å²) in [4.78, 5) is 39.2. The Morgan fingerprint density at radius 3 is 2.32 bits per heavy atom.